The molecule has 4 N–H and O–H groups in total. The normalized spacial score (nSPS) is 15.1. The van der Waals surface area contributed by atoms with Crippen molar-refractivity contribution in [1.82, 2.24) is 10.6 Å². The number of anilines is 1. The molecule has 0 spiro atoms. The number of nitrogens with zero attached hydrogens (tertiary/aromatic N) is 1. The van der Waals surface area contributed by atoms with Crippen LogP contribution in [-0.4, -0.2) is 42.4 Å². The van der Waals surface area contributed by atoms with Crippen LogP contribution in [0.25, 0.3) is 0 Å². The van der Waals surface area contributed by atoms with Gasteiger partial charge in [0.2, 0.25) is 11.8 Å². The SMILES string of the molecule is CSCCC(NC(N)=O)C(=O)NCc1ccc(N2CCCC2=O)cc1. The lowest BCUT2D eigenvalue weighted by molar-refractivity contribution is -0.123. The fraction of sp³-hybridized carbons (Fsp3) is 0.471. The highest BCUT2D eigenvalue weighted by Gasteiger charge is 2.22. The van der Waals surface area contributed by atoms with E-state index in [9.17, 15) is 14.4 Å². The number of amides is 4. The van der Waals surface area contributed by atoms with Crippen LogP contribution in [0, 0.1) is 0 Å². The van der Waals surface area contributed by atoms with E-state index in [1.54, 1.807) is 16.7 Å². The molecule has 7 nitrogen and oxygen atoms in total. The van der Waals surface area contributed by atoms with Crippen molar-refractivity contribution in [3.63, 3.8) is 0 Å². The second kappa shape index (κ2) is 9.31. The lowest BCUT2D eigenvalue weighted by Gasteiger charge is -2.18. The molecule has 0 aromatic heterocycles. The number of benzene rings is 1. The van der Waals surface area contributed by atoms with Gasteiger partial charge in [-0.1, -0.05) is 12.1 Å². The summed E-state index contributed by atoms with van der Waals surface area (Å²) in [7, 11) is 0. The molecule has 0 aliphatic carbocycles. The molecule has 2 rings (SSSR count). The summed E-state index contributed by atoms with van der Waals surface area (Å²) >= 11 is 1.60. The topological polar surface area (TPSA) is 105 Å². The first-order valence-corrected chi connectivity index (χ1v) is 9.62. The molecule has 1 aromatic rings. The van der Waals surface area contributed by atoms with E-state index in [-0.39, 0.29) is 11.8 Å². The van der Waals surface area contributed by atoms with Crippen LogP contribution in [0.2, 0.25) is 0 Å². The van der Waals surface area contributed by atoms with Gasteiger partial charge in [0.15, 0.2) is 0 Å². The van der Waals surface area contributed by atoms with Crippen LogP contribution < -0.4 is 21.3 Å². The van der Waals surface area contributed by atoms with E-state index >= 15 is 0 Å². The Morgan fingerprint density at radius 2 is 2.04 bits per heavy atom. The number of rotatable bonds is 8. The maximum absolute atomic E-state index is 12.2. The van der Waals surface area contributed by atoms with E-state index < -0.39 is 12.1 Å². The minimum Gasteiger partial charge on any atom is -0.352 e. The molecule has 1 unspecified atom stereocenters. The van der Waals surface area contributed by atoms with Crippen LogP contribution >= 0.6 is 11.8 Å². The Hall–Kier alpha value is -2.22. The predicted molar refractivity (Wildman–Crippen MR) is 99.4 cm³/mol. The number of thioether (sulfide) groups is 1. The lowest BCUT2D eigenvalue weighted by Crippen LogP contribution is -2.48. The van der Waals surface area contributed by atoms with Crippen molar-refractivity contribution in [3.8, 4) is 0 Å². The van der Waals surface area contributed by atoms with Crippen molar-refractivity contribution in [3.05, 3.63) is 29.8 Å². The average Bonchev–Trinajstić information content (AvgIpc) is 3.02. The van der Waals surface area contributed by atoms with Gasteiger partial charge in [0.1, 0.15) is 6.04 Å². The number of nitrogens with two attached hydrogens (primary N) is 1. The summed E-state index contributed by atoms with van der Waals surface area (Å²) in [6.45, 7) is 1.11. The summed E-state index contributed by atoms with van der Waals surface area (Å²) in [6.07, 6.45) is 3.95. The van der Waals surface area contributed by atoms with Crippen LogP contribution in [0.5, 0.6) is 0 Å². The molecule has 1 atom stereocenters. The molecule has 1 aromatic carbocycles. The van der Waals surface area contributed by atoms with Gasteiger partial charge in [0.05, 0.1) is 0 Å². The summed E-state index contributed by atoms with van der Waals surface area (Å²) in [5.74, 6) is 0.638. The number of nitrogens with one attached hydrogen (secondary N) is 2. The zero-order valence-electron chi connectivity index (χ0n) is 14.3. The van der Waals surface area contributed by atoms with Crippen LogP contribution in [-0.2, 0) is 16.1 Å². The van der Waals surface area contributed by atoms with Gasteiger partial charge in [-0.2, -0.15) is 11.8 Å². The third-order valence-corrected chi connectivity index (χ3v) is 4.68. The van der Waals surface area contributed by atoms with Gasteiger partial charge in [-0.15, -0.1) is 0 Å². The van der Waals surface area contributed by atoms with E-state index in [4.69, 9.17) is 5.73 Å². The molecule has 0 bridgehead atoms. The number of carbonyl (C=O) groups is 3. The van der Waals surface area contributed by atoms with Gasteiger partial charge >= 0.3 is 6.03 Å². The van der Waals surface area contributed by atoms with Crippen molar-refractivity contribution < 1.29 is 14.4 Å². The molecule has 8 heteroatoms. The summed E-state index contributed by atoms with van der Waals surface area (Å²) in [6, 6.07) is 6.21. The minimum absolute atomic E-state index is 0.148. The van der Waals surface area contributed by atoms with Crippen molar-refractivity contribution in [2.45, 2.75) is 31.8 Å². The molecule has 4 amide bonds. The number of hydrogen-bond donors (Lipinski definition) is 3. The average molecular weight is 364 g/mol. The van der Waals surface area contributed by atoms with Gasteiger partial charge in [-0.25, -0.2) is 4.79 Å². The second-order valence-electron chi connectivity index (χ2n) is 5.88. The summed E-state index contributed by atoms with van der Waals surface area (Å²) in [5, 5.41) is 5.28. The Labute approximate surface area is 151 Å². The second-order valence-corrected chi connectivity index (χ2v) is 6.86. The largest absolute Gasteiger partial charge is 0.352 e. The smallest absolute Gasteiger partial charge is 0.312 e. The Morgan fingerprint density at radius 3 is 2.60 bits per heavy atom. The zero-order valence-corrected chi connectivity index (χ0v) is 15.1. The fourth-order valence-electron chi connectivity index (χ4n) is 2.70. The van der Waals surface area contributed by atoms with Gasteiger partial charge in [-0.3, -0.25) is 9.59 Å². The Kier molecular flexibility index (Phi) is 7.12. The highest BCUT2D eigenvalue weighted by atomic mass is 32.2. The fourth-order valence-corrected chi connectivity index (χ4v) is 3.17. The molecule has 0 radical (unpaired) electrons. The first-order valence-electron chi connectivity index (χ1n) is 8.23. The van der Waals surface area contributed by atoms with E-state index in [0.29, 0.717) is 19.4 Å². The van der Waals surface area contributed by atoms with Gasteiger partial charge in [0, 0.05) is 25.2 Å². The van der Waals surface area contributed by atoms with Crippen molar-refractivity contribution >= 4 is 35.3 Å². The zero-order chi connectivity index (χ0) is 18.2. The Morgan fingerprint density at radius 1 is 1.32 bits per heavy atom. The minimum atomic E-state index is -0.708. The first kappa shape index (κ1) is 19.1. The van der Waals surface area contributed by atoms with E-state index in [0.717, 1.165) is 30.0 Å². The molecular formula is C17H24N4O3S. The molecule has 1 heterocycles. The van der Waals surface area contributed by atoms with Gasteiger partial charge < -0.3 is 21.3 Å². The molecule has 1 fully saturated rings. The third kappa shape index (κ3) is 5.67. The molecule has 1 saturated heterocycles. The van der Waals surface area contributed by atoms with Crippen LogP contribution in [0.3, 0.4) is 0 Å². The number of urea groups is 1. The molecule has 25 heavy (non-hydrogen) atoms. The summed E-state index contributed by atoms with van der Waals surface area (Å²) in [5.41, 5.74) is 6.93. The number of carbonyl (C=O) groups excluding carboxylic acids is 3. The summed E-state index contributed by atoms with van der Waals surface area (Å²) in [4.78, 5) is 36.8. The first-order chi connectivity index (χ1) is 12.0. The molecule has 1 aliphatic heterocycles. The van der Waals surface area contributed by atoms with E-state index in [1.807, 2.05) is 30.5 Å². The molecule has 1 aliphatic rings. The summed E-state index contributed by atoms with van der Waals surface area (Å²) < 4.78 is 0. The highest BCUT2D eigenvalue weighted by molar-refractivity contribution is 7.98. The van der Waals surface area contributed by atoms with Gasteiger partial charge in [-0.05, 0) is 42.5 Å². The molecule has 136 valence electrons. The quantitative estimate of drug-likeness (QED) is 0.645. The standard InChI is InChI=1S/C17H24N4O3S/c1-25-10-8-14(20-17(18)24)16(23)19-11-12-4-6-13(7-5-12)21-9-2-3-15(21)22/h4-7,14H,2-3,8-11H2,1H3,(H,19,23)(H3,18,20,24). The third-order valence-electron chi connectivity index (χ3n) is 4.03. The Bertz CT molecular complexity index is 621. The van der Waals surface area contributed by atoms with Gasteiger partial charge in [0.25, 0.3) is 0 Å². The lowest BCUT2D eigenvalue weighted by atomic mass is 10.1. The van der Waals surface area contributed by atoms with Crippen LogP contribution in [0.4, 0.5) is 10.5 Å². The molecular weight excluding hydrogens is 340 g/mol. The predicted octanol–water partition coefficient (Wildman–Crippen LogP) is 1.22. The maximum Gasteiger partial charge on any atom is 0.312 e. The number of hydrogen-bond acceptors (Lipinski definition) is 4. The van der Waals surface area contributed by atoms with Crippen molar-refractivity contribution in [2.75, 3.05) is 23.5 Å². The Balaban J connectivity index is 1.89. The maximum atomic E-state index is 12.2. The molecule has 0 saturated carbocycles. The van der Waals surface area contributed by atoms with Crippen LogP contribution in [0.15, 0.2) is 24.3 Å². The van der Waals surface area contributed by atoms with Crippen molar-refractivity contribution in [1.29, 1.82) is 0 Å². The number of primary amides is 1. The monoisotopic (exact) mass is 364 g/mol. The van der Waals surface area contributed by atoms with Crippen LogP contribution in [0.1, 0.15) is 24.8 Å². The highest BCUT2D eigenvalue weighted by Crippen LogP contribution is 2.21. The van der Waals surface area contributed by atoms with Crippen molar-refractivity contribution in [2.24, 2.45) is 5.73 Å². The van der Waals surface area contributed by atoms with E-state index in [2.05, 4.69) is 10.6 Å². The van der Waals surface area contributed by atoms with E-state index in [1.165, 1.54) is 0 Å².